The van der Waals surface area contributed by atoms with Gasteiger partial charge in [-0.05, 0) is 0 Å². The Labute approximate surface area is 105 Å². The normalized spacial score (nSPS) is 14.8. The second kappa shape index (κ2) is 7.01. The summed E-state index contributed by atoms with van der Waals surface area (Å²) in [6.45, 7) is 0.921. The maximum Gasteiger partial charge on any atom is 0.233 e. The molecule has 90 valence electrons. The lowest BCUT2D eigenvalue weighted by Gasteiger charge is -2.03. The first-order chi connectivity index (χ1) is 7.65. The maximum absolute atomic E-state index is 9.35. The summed E-state index contributed by atoms with van der Waals surface area (Å²) in [5.41, 5.74) is 0. The molecule has 0 saturated carbocycles. The molecule has 0 radical (unpaired) electrons. The fraction of sp³-hybridized carbons (Fsp3) is 0.600. The van der Waals surface area contributed by atoms with Crippen LogP contribution in [0.3, 0.4) is 0 Å². The van der Waals surface area contributed by atoms with Crippen LogP contribution in [-0.2, 0) is 13.1 Å². The number of rotatable bonds is 6. The molecule has 6 heteroatoms. The standard InChI is InChI=1S/C10H16Cl2N2O2/c11-5-9(15)7-13-1-2-14(4-3-13)8-10(16)6-12/h1-4,9-10,15-16H,5-8H2/q+2. The lowest BCUT2D eigenvalue weighted by molar-refractivity contribution is -0.755. The summed E-state index contributed by atoms with van der Waals surface area (Å²) in [4.78, 5) is 0. The van der Waals surface area contributed by atoms with Crippen LogP contribution in [0.15, 0.2) is 24.8 Å². The molecule has 0 fully saturated rings. The van der Waals surface area contributed by atoms with E-state index in [1.165, 1.54) is 0 Å². The number of aliphatic hydroxyl groups excluding tert-OH is 2. The molecular formula is C10H16Cl2N2O2+2. The van der Waals surface area contributed by atoms with Gasteiger partial charge in [-0.25, -0.2) is 0 Å². The third-order valence-electron chi connectivity index (χ3n) is 2.10. The van der Waals surface area contributed by atoms with Gasteiger partial charge in [-0.15, -0.1) is 23.2 Å². The van der Waals surface area contributed by atoms with Gasteiger partial charge in [-0.3, -0.25) is 0 Å². The first-order valence-electron chi connectivity index (χ1n) is 5.02. The van der Waals surface area contributed by atoms with Crippen molar-refractivity contribution >= 4 is 23.2 Å². The Morgan fingerprint density at radius 1 is 0.812 bits per heavy atom. The molecule has 0 bridgehead atoms. The Kier molecular flexibility index (Phi) is 5.98. The molecule has 1 aromatic heterocycles. The van der Waals surface area contributed by atoms with Gasteiger partial charge in [0.2, 0.25) is 24.8 Å². The number of aromatic nitrogens is 2. The highest BCUT2D eigenvalue weighted by molar-refractivity contribution is 6.18. The Hall–Kier alpha value is -0.420. The van der Waals surface area contributed by atoms with E-state index in [2.05, 4.69) is 0 Å². The summed E-state index contributed by atoms with van der Waals surface area (Å²) in [7, 11) is 0. The lowest BCUT2D eigenvalue weighted by atomic mass is 10.4. The van der Waals surface area contributed by atoms with Crippen molar-refractivity contribution in [3.05, 3.63) is 24.8 Å². The first kappa shape index (κ1) is 13.6. The Balaban J connectivity index is 2.54. The lowest BCUT2D eigenvalue weighted by Crippen LogP contribution is -2.47. The third-order valence-corrected chi connectivity index (χ3v) is 2.81. The Morgan fingerprint density at radius 3 is 1.38 bits per heavy atom. The Morgan fingerprint density at radius 2 is 1.12 bits per heavy atom. The summed E-state index contributed by atoms with van der Waals surface area (Å²) in [5.74, 6) is 0.430. The van der Waals surface area contributed by atoms with Gasteiger partial charge < -0.3 is 10.2 Å². The highest BCUT2D eigenvalue weighted by Gasteiger charge is 2.13. The van der Waals surface area contributed by atoms with Crippen molar-refractivity contribution in [2.75, 3.05) is 11.8 Å². The van der Waals surface area contributed by atoms with E-state index in [0.717, 1.165) is 0 Å². The van der Waals surface area contributed by atoms with Crippen LogP contribution < -0.4 is 9.13 Å². The highest BCUT2D eigenvalue weighted by atomic mass is 35.5. The minimum absolute atomic E-state index is 0.215. The summed E-state index contributed by atoms with van der Waals surface area (Å²) in [6.07, 6.45) is 6.17. The molecule has 0 saturated heterocycles. The smallest absolute Gasteiger partial charge is 0.233 e. The van der Waals surface area contributed by atoms with E-state index in [1.54, 1.807) is 0 Å². The third kappa shape index (κ3) is 4.61. The molecule has 0 aromatic carbocycles. The molecular weight excluding hydrogens is 251 g/mol. The SMILES string of the molecule is OC(CCl)C[n+]1cc[n+](CC(O)CCl)cc1. The molecule has 0 aliphatic carbocycles. The summed E-state index contributed by atoms with van der Waals surface area (Å²) in [6, 6.07) is 0. The van der Waals surface area contributed by atoms with Crippen molar-refractivity contribution in [2.24, 2.45) is 0 Å². The molecule has 16 heavy (non-hydrogen) atoms. The van der Waals surface area contributed by atoms with Crippen molar-refractivity contribution in [3.63, 3.8) is 0 Å². The predicted octanol–water partition coefficient (Wildman–Crippen LogP) is -0.539. The van der Waals surface area contributed by atoms with E-state index in [1.807, 2.05) is 33.9 Å². The molecule has 2 N–H and O–H groups in total. The van der Waals surface area contributed by atoms with Crippen molar-refractivity contribution in [1.82, 2.24) is 0 Å². The predicted molar refractivity (Wildman–Crippen MR) is 60.3 cm³/mol. The monoisotopic (exact) mass is 266 g/mol. The van der Waals surface area contributed by atoms with Crippen LogP contribution in [0.5, 0.6) is 0 Å². The van der Waals surface area contributed by atoms with E-state index < -0.39 is 12.2 Å². The van der Waals surface area contributed by atoms with Gasteiger partial charge in [-0.1, -0.05) is 0 Å². The van der Waals surface area contributed by atoms with Crippen molar-refractivity contribution in [2.45, 2.75) is 25.3 Å². The van der Waals surface area contributed by atoms with Gasteiger partial charge >= 0.3 is 0 Å². The molecule has 0 aliphatic rings. The number of alkyl halides is 2. The van der Waals surface area contributed by atoms with Crippen LogP contribution in [0.1, 0.15) is 0 Å². The molecule has 2 atom stereocenters. The Bertz CT molecular complexity index is 277. The van der Waals surface area contributed by atoms with Crippen molar-refractivity contribution in [1.29, 1.82) is 0 Å². The van der Waals surface area contributed by atoms with Crippen molar-refractivity contribution in [3.8, 4) is 0 Å². The first-order valence-corrected chi connectivity index (χ1v) is 6.08. The average Bonchev–Trinajstić information content (AvgIpc) is 2.31. The largest absolute Gasteiger partial charge is 0.385 e. The van der Waals surface area contributed by atoms with Crippen LogP contribution in [0, 0.1) is 0 Å². The summed E-state index contributed by atoms with van der Waals surface area (Å²) < 4.78 is 3.66. The fourth-order valence-corrected chi connectivity index (χ4v) is 1.46. The minimum atomic E-state index is -0.545. The zero-order valence-corrected chi connectivity index (χ0v) is 10.3. The van der Waals surface area contributed by atoms with E-state index >= 15 is 0 Å². The van der Waals surface area contributed by atoms with E-state index in [-0.39, 0.29) is 11.8 Å². The van der Waals surface area contributed by atoms with Crippen LogP contribution in [0.25, 0.3) is 0 Å². The van der Waals surface area contributed by atoms with Crippen LogP contribution >= 0.6 is 23.2 Å². The molecule has 0 spiro atoms. The quantitative estimate of drug-likeness (QED) is 0.537. The van der Waals surface area contributed by atoms with Crippen LogP contribution in [0.2, 0.25) is 0 Å². The second-order valence-corrected chi connectivity index (χ2v) is 4.22. The zero-order valence-electron chi connectivity index (χ0n) is 8.84. The molecule has 1 aromatic rings. The molecule has 4 nitrogen and oxygen atoms in total. The van der Waals surface area contributed by atoms with E-state index in [4.69, 9.17) is 23.2 Å². The number of nitrogens with zero attached hydrogens (tertiary/aromatic N) is 2. The summed E-state index contributed by atoms with van der Waals surface area (Å²) in [5, 5.41) is 18.7. The number of halogens is 2. The molecule has 0 amide bonds. The molecule has 1 rings (SSSR count). The number of aliphatic hydroxyl groups is 2. The average molecular weight is 267 g/mol. The number of hydrogen-bond donors (Lipinski definition) is 2. The van der Waals surface area contributed by atoms with Crippen molar-refractivity contribution < 1.29 is 19.3 Å². The van der Waals surface area contributed by atoms with Gasteiger partial charge in [0.05, 0.1) is 11.8 Å². The summed E-state index contributed by atoms with van der Waals surface area (Å²) >= 11 is 11.0. The van der Waals surface area contributed by atoms with Gasteiger partial charge in [0.1, 0.15) is 12.2 Å². The zero-order chi connectivity index (χ0) is 12.0. The molecule has 1 heterocycles. The van der Waals surface area contributed by atoms with Gasteiger partial charge in [0.15, 0.2) is 13.1 Å². The van der Waals surface area contributed by atoms with Gasteiger partial charge in [0.25, 0.3) is 0 Å². The van der Waals surface area contributed by atoms with Gasteiger partial charge in [-0.2, -0.15) is 9.13 Å². The second-order valence-electron chi connectivity index (χ2n) is 3.61. The van der Waals surface area contributed by atoms with Gasteiger partial charge in [0, 0.05) is 0 Å². The highest BCUT2D eigenvalue weighted by Crippen LogP contribution is 1.88. The minimum Gasteiger partial charge on any atom is -0.385 e. The molecule has 0 aliphatic heterocycles. The maximum atomic E-state index is 9.35. The number of hydrogen-bond acceptors (Lipinski definition) is 2. The van der Waals surface area contributed by atoms with E-state index in [0.29, 0.717) is 13.1 Å². The van der Waals surface area contributed by atoms with E-state index in [9.17, 15) is 10.2 Å². The van der Waals surface area contributed by atoms with Crippen LogP contribution in [0.4, 0.5) is 0 Å². The molecule has 2 unspecified atom stereocenters. The van der Waals surface area contributed by atoms with Crippen LogP contribution in [-0.4, -0.2) is 34.2 Å². The topological polar surface area (TPSA) is 48.2 Å². The fourth-order valence-electron chi connectivity index (χ4n) is 1.27.